The summed E-state index contributed by atoms with van der Waals surface area (Å²) in [6, 6.07) is 86.8. The van der Waals surface area contributed by atoms with Gasteiger partial charge in [0.1, 0.15) is 5.58 Å². The molecule has 0 aliphatic carbocycles. The van der Waals surface area contributed by atoms with Crippen molar-refractivity contribution in [2.45, 2.75) is 52.4 Å². The van der Waals surface area contributed by atoms with Crippen LogP contribution in [-0.4, -0.2) is 29.1 Å². The number of rotatable bonds is 10. The van der Waals surface area contributed by atoms with E-state index in [2.05, 4.69) is 245 Å². The van der Waals surface area contributed by atoms with Crippen LogP contribution in [0.25, 0.3) is 123 Å². The van der Waals surface area contributed by atoms with E-state index in [1.807, 2.05) is 48.5 Å². The summed E-state index contributed by atoms with van der Waals surface area (Å²) in [4.78, 5) is 20.9. The molecule has 0 fully saturated rings. The van der Waals surface area contributed by atoms with Gasteiger partial charge >= 0.3 is 21.1 Å². The molecule has 0 aliphatic rings. The number of para-hydroxylation sites is 6. The topological polar surface area (TPSA) is 83.8 Å². The molecule has 0 atom stereocenters. The first-order valence-electron chi connectivity index (χ1n) is 27.8. The Balaban J connectivity index is 0.00000645. The van der Waals surface area contributed by atoms with Crippen molar-refractivity contribution in [3.63, 3.8) is 0 Å². The van der Waals surface area contributed by atoms with E-state index in [0.717, 1.165) is 117 Å². The van der Waals surface area contributed by atoms with E-state index >= 15 is 0 Å². The SMILES string of the molecule is CC(C)(C)c1cc(C(C)(C)C)nc(-c2ccc(-c3ccc4c(c3)oc3c(-c5nc6ccccc6n5-c5ccccc5-c5ccccc5)[c-]c(Oc5[c-]c(-c6nc7ccccc7n6-c6ccccc6-c6ccccc6)ccc5)cc34)cc2)n1.[Pt+2]. The Labute approximate surface area is 497 Å². The molecular formula is C74H56N6O2Pt. The molecule has 4 heterocycles. The molecule has 0 bridgehead atoms. The number of ether oxygens (including phenoxy) is 1. The van der Waals surface area contributed by atoms with E-state index in [4.69, 9.17) is 29.1 Å². The molecule has 4 aromatic heterocycles. The van der Waals surface area contributed by atoms with Crippen LogP contribution >= 0.6 is 0 Å². The maximum atomic E-state index is 7.11. The van der Waals surface area contributed by atoms with Gasteiger partial charge in [-0.05, 0) is 70.8 Å². The van der Waals surface area contributed by atoms with Crippen LogP contribution in [0.1, 0.15) is 52.9 Å². The predicted octanol–water partition coefficient (Wildman–Crippen LogP) is 19.0. The number of aromatic nitrogens is 6. The van der Waals surface area contributed by atoms with Gasteiger partial charge in [0.15, 0.2) is 5.82 Å². The Morgan fingerprint density at radius 2 is 0.928 bits per heavy atom. The van der Waals surface area contributed by atoms with Crippen LogP contribution in [0.15, 0.2) is 235 Å². The van der Waals surface area contributed by atoms with Gasteiger partial charge in [-0.1, -0.05) is 228 Å². The fraction of sp³-hybridized carbons (Fsp3) is 0.108. The van der Waals surface area contributed by atoms with Crippen molar-refractivity contribution in [2.75, 3.05) is 0 Å². The van der Waals surface area contributed by atoms with Gasteiger partial charge in [-0.2, -0.15) is 0 Å². The summed E-state index contributed by atoms with van der Waals surface area (Å²) in [6.07, 6.45) is 0. The Bertz CT molecular complexity index is 4710. The smallest absolute Gasteiger partial charge is 0.501 e. The summed E-state index contributed by atoms with van der Waals surface area (Å²) < 4.78 is 18.6. The molecule has 14 aromatic rings. The summed E-state index contributed by atoms with van der Waals surface area (Å²) in [5.74, 6) is 3.10. The summed E-state index contributed by atoms with van der Waals surface area (Å²) in [5, 5.41) is 1.78. The monoisotopic (exact) mass is 1260 g/mol. The van der Waals surface area contributed by atoms with Gasteiger partial charge in [-0.15, -0.1) is 23.8 Å². The van der Waals surface area contributed by atoms with Gasteiger partial charge in [-0.25, -0.2) is 9.97 Å². The normalized spacial score (nSPS) is 11.9. The van der Waals surface area contributed by atoms with Gasteiger partial charge in [-0.3, -0.25) is 9.97 Å². The Morgan fingerprint density at radius 1 is 0.410 bits per heavy atom. The average molecular weight is 1260 g/mol. The van der Waals surface area contributed by atoms with E-state index in [0.29, 0.717) is 28.5 Å². The minimum absolute atomic E-state index is 0. The number of furan rings is 1. The van der Waals surface area contributed by atoms with E-state index in [9.17, 15) is 0 Å². The van der Waals surface area contributed by atoms with Crippen LogP contribution < -0.4 is 4.74 Å². The third-order valence-corrected chi connectivity index (χ3v) is 15.3. The molecule has 9 heteroatoms. The van der Waals surface area contributed by atoms with E-state index in [1.54, 1.807) is 0 Å². The predicted molar refractivity (Wildman–Crippen MR) is 333 cm³/mol. The number of hydrogen-bond donors (Lipinski definition) is 0. The second kappa shape index (κ2) is 21.1. The van der Waals surface area contributed by atoms with Crippen LogP contribution in [-0.2, 0) is 31.9 Å². The zero-order valence-corrected chi connectivity index (χ0v) is 49.0. The first-order valence-corrected chi connectivity index (χ1v) is 27.8. The largest absolute Gasteiger partial charge is 2.00 e. The van der Waals surface area contributed by atoms with Crippen molar-refractivity contribution in [1.29, 1.82) is 0 Å². The maximum Gasteiger partial charge on any atom is 2.00 e. The second-order valence-corrected chi connectivity index (χ2v) is 22.9. The number of nitrogens with zero attached hydrogens (tertiary/aromatic N) is 6. The van der Waals surface area contributed by atoms with Gasteiger partial charge in [0, 0.05) is 55.8 Å². The fourth-order valence-electron chi connectivity index (χ4n) is 11.0. The molecule has 0 aliphatic heterocycles. The molecule has 14 rings (SSSR count). The van der Waals surface area contributed by atoms with Gasteiger partial charge < -0.3 is 18.3 Å². The molecule has 8 nitrogen and oxygen atoms in total. The minimum atomic E-state index is -0.134. The van der Waals surface area contributed by atoms with Crippen molar-refractivity contribution in [3.8, 4) is 90.4 Å². The van der Waals surface area contributed by atoms with Crippen LogP contribution in [0, 0.1) is 12.1 Å². The van der Waals surface area contributed by atoms with Crippen molar-refractivity contribution in [1.82, 2.24) is 29.1 Å². The summed E-state index contributed by atoms with van der Waals surface area (Å²) in [6.45, 7) is 13.2. The fourth-order valence-corrected chi connectivity index (χ4v) is 11.0. The van der Waals surface area contributed by atoms with Crippen molar-refractivity contribution < 1.29 is 30.2 Å². The van der Waals surface area contributed by atoms with Crippen molar-refractivity contribution >= 4 is 44.0 Å². The summed E-state index contributed by atoms with van der Waals surface area (Å²) >= 11 is 0. The minimum Gasteiger partial charge on any atom is -0.501 e. The van der Waals surface area contributed by atoms with Gasteiger partial charge in [0.2, 0.25) is 0 Å². The Hall–Kier alpha value is -9.49. The number of hydrogen-bond acceptors (Lipinski definition) is 6. The zero-order chi connectivity index (χ0) is 55.7. The number of fused-ring (bicyclic) bond motifs is 5. The summed E-state index contributed by atoms with van der Waals surface area (Å²) in [5.41, 5.74) is 17.5. The van der Waals surface area contributed by atoms with Crippen LogP contribution in [0.2, 0.25) is 0 Å². The molecule has 83 heavy (non-hydrogen) atoms. The molecule has 0 spiro atoms. The molecule has 0 saturated heterocycles. The van der Waals surface area contributed by atoms with Crippen molar-refractivity contribution in [2.24, 2.45) is 0 Å². The zero-order valence-electron chi connectivity index (χ0n) is 46.8. The number of imidazole rings is 2. The average Bonchev–Trinajstić information content (AvgIpc) is 2.37. The van der Waals surface area contributed by atoms with Crippen LogP contribution in [0.5, 0.6) is 11.5 Å². The molecule has 10 aromatic carbocycles. The third-order valence-electron chi connectivity index (χ3n) is 15.3. The third kappa shape index (κ3) is 9.83. The molecule has 0 saturated carbocycles. The van der Waals surface area contributed by atoms with E-state index in [1.165, 1.54) is 0 Å². The second-order valence-electron chi connectivity index (χ2n) is 22.9. The quantitative estimate of drug-likeness (QED) is 0.127. The standard InChI is InChI=1S/C74H56N6O2.Pt/c1-73(2,3)67-46-68(74(4,5)6)78-70(77-67)50-38-36-47(37-39-50)51-40-41-57-58-44-54(81-53-27-21-26-52(42-53)71-75-60-30-15-19-34-64(60)79(71)62-32-17-13-28-55(62)48-22-9-7-10-23-48)45-59(69(58)82-66(57)43-51)72-76-61-31-16-20-35-65(61)80(72)63-33-18-14-29-56(63)49-24-11-8-12-25-49;/h7-41,43-44,46H,1-6H3;/q-2;+2. The number of benzene rings is 10. The molecule has 0 amide bonds. The molecule has 0 radical (unpaired) electrons. The molecular weight excluding hydrogens is 1200 g/mol. The Morgan fingerprint density at radius 3 is 1.53 bits per heavy atom. The van der Waals surface area contributed by atoms with E-state index in [-0.39, 0.29) is 31.9 Å². The van der Waals surface area contributed by atoms with Crippen molar-refractivity contribution in [3.05, 3.63) is 254 Å². The first kappa shape index (κ1) is 52.9. The van der Waals surface area contributed by atoms with E-state index < -0.39 is 0 Å². The molecule has 0 N–H and O–H groups in total. The van der Waals surface area contributed by atoms with Crippen LogP contribution in [0.3, 0.4) is 0 Å². The Kier molecular flexibility index (Phi) is 13.4. The maximum absolute atomic E-state index is 7.11. The van der Waals surface area contributed by atoms with Gasteiger partial charge in [0.05, 0.1) is 50.7 Å². The first-order chi connectivity index (χ1) is 39.9. The van der Waals surface area contributed by atoms with Gasteiger partial charge in [0.25, 0.3) is 0 Å². The van der Waals surface area contributed by atoms with Crippen LogP contribution in [0.4, 0.5) is 0 Å². The summed E-state index contributed by atoms with van der Waals surface area (Å²) in [7, 11) is 0. The molecule has 404 valence electrons. The molecule has 0 unspecified atom stereocenters.